The van der Waals surface area contributed by atoms with Gasteiger partial charge in [0.1, 0.15) is 5.78 Å². The highest BCUT2D eigenvalue weighted by Gasteiger charge is 2.28. The minimum atomic E-state index is -4.28. The molecule has 10 heteroatoms. The fourth-order valence-electron chi connectivity index (χ4n) is 2.04. The molecule has 0 aliphatic heterocycles. The Hall–Kier alpha value is -1.44. The lowest BCUT2D eigenvalue weighted by Crippen LogP contribution is -2.31. The van der Waals surface area contributed by atoms with E-state index in [0.717, 1.165) is 0 Å². The minimum Gasteiger partial charge on any atom is -0.323 e. The summed E-state index contributed by atoms with van der Waals surface area (Å²) in [7, 11) is -2.73. The second-order valence-corrected chi connectivity index (χ2v) is 7.39. The molecule has 2 aromatic rings. The van der Waals surface area contributed by atoms with Crippen LogP contribution in [0.3, 0.4) is 0 Å². The third-order valence-electron chi connectivity index (χ3n) is 3.42. The summed E-state index contributed by atoms with van der Waals surface area (Å²) in [4.78, 5) is 47.6. The van der Waals surface area contributed by atoms with Crippen molar-refractivity contribution >= 4 is 30.2 Å². The number of aromatic nitrogens is 2. The minimum absolute atomic E-state index is 0.130. The summed E-state index contributed by atoms with van der Waals surface area (Å²) in [5.41, 5.74) is -0.332. The average Bonchev–Trinajstić information content (AvgIpc) is 2.39. The lowest BCUT2D eigenvalue weighted by Gasteiger charge is -2.25. The van der Waals surface area contributed by atoms with Gasteiger partial charge in [-0.15, -0.1) is 0 Å². The summed E-state index contributed by atoms with van der Waals surface area (Å²) in [6.45, 7) is 1.53. The van der Waals surface area contributed by atoms with Crippen LogP contribution < -0.4 is 11.1 Å². The van der Waals surface area contributed by atoms with Crippen molar-refractivity contribution in [2.45, 2.75) is 19.3 Å². The van der Waals surface area contributed by atoms with E-state index in [4.69, 9.17) is 11.6 Å². The van der Waals surface area contributed by atoms with Crippen LogP contribution in [0, 0.1) is 0 Å². The predicted octanol–water partition coefficient (Wildman–Crippen LogP) is 0.825. The van der Waals surface area contributed by atoms with Crippen LogP contribution in [-0.2, 0) is 11.1 Å². The van der Waals surface area contributed by atoms with E-state index in [1.807, 2.05) is 0 Å². The van der Waals surface area contributed by atoms with Crippen molar-refractivity contribution in [1.29, 1.82) is 0 Å². The number of hydrogen-bond acceptors (Lipinski definition) is 4. The molecule has 0 spiro atoms. The summed E-state index contributed by atoms with van der Waals surface area (Å²) in [5, 5.41) is 0.336. The summed E-state index contributed by atoms with van der Waals surface area (Å²) in [5.74, 6) is -1.00. The molecule has 0 saturated heterocycles. The smallest absolute Gasteiger partial charge is 0.323 e. The number of nitrogens with zero attached hydrogens (tertiary/aromatic N) is 1. The first kappa shape index (κ1) is 16.9. The van der Waals surface area contributed by atoms with Crippen LogP contribution in [-0.4, -0.2) is 37.5 Å². The second-order valence-electron chi connectivity index (χ2n) is 5.03. The van der Waals surface area contributed by atoms with E-state index < -0.39 is 24.5 Å². The maximum Gasteiger partial charge on any atom is 0.342 e. The molecule has 0 radical (unpaired) electrons. The number of fused-ring (bicyclic) bond motifs is 1. The number of hydrogen-bond donors (Lipinski definition) is 4. The molecule has 0 amide bonds. The molecule has 120 valence electrons. The number of halogens is 1. The molecule has 1 atom stereocenters. The lowest BCUT2D eigenvalue weighted by molar-refractivity contribution is 0.256. The van der Waals surface area contributed by atoms with Crippen LogP contribution in [0.2, 0.25) is 5.02 Å². The van der Waals surface area contributed by atoms with Crippen molar-refractivity contribution < 1.29 is 14.4 Å². The molecule has 0 aliphatic rings. The third kappa shape index (κ3) is 3.48. The molecule has 1 unspecified atom stereocenters. The van der Waals surface area contributed by atoms with Gasteiger partial charge >= 0.3 is 18.7 Å². The lowest BCUT2D eigenvalue weighted by atomic mass is 10.1. The Labute approximate surface area is 129 Å². The zero-order valence-electron chi connectivity index (χ0n) is 11.8. The zero-order chi connectivity index (χ0) is 16.7. The van der Waals surface area contributed by atoms with E-state index in [0.29, 0.717) is 21.6 Å². The normalized spacial score (nSPS) is 13.7. The van der Waals surface area contributed by atoms with Crippen molar-refractivity contribution in [3.05, 3.63) is 43.4 Å². The highest BCUT2D eigenvalue weighted by molar-refractivity contribution is 7.52. The van der Waals surface area contributed by atoms with E-state index in [2.05, 4.69) is 9.97 Å². The first-order valence-corrected chi connectivity index (χ1v) is 8.35. The molecule has 1 heterocycles. The van der Waals surface area contributed by atoms with Gasteiger partial charge in [0.15, 0.2) is 0 Å². The number of aromatic amines is 2. The molecule has 0 bridgehead atoms. The summed E-state index contributed by atoms with van der Waals surface area (Å²) in [6, 6.07) is 3.06. The van der Waals surface area contributed by atoms with Gasteiger partial charge in [-0.05, 0) is 31.7 Å². The molecule has 1 aromatic carbocycles. The van der Waals surface area contributed by atoms with Crippen LogP contribution in [0.5, 0.6) is 0 Å². The number of nitrogens with one attached hydrogen (secondary N) is 2. The second kappa shape index (κ2) is 5.98. The molecule has 8 nitrogen and oxygen atoms in total. The number of benzene rings is 1. The Balaban J connectivity index is 2.51. The standard InChI is InChI=1S/C12H15ClN3O5P/c1-6(22(19,20)21)16(2)5-7-3-8(13)4-9-10(7)15-12(18)11(17)14-9/h3-4,6H,5H2,1-2H3,(H,14,17)(H,15,18)(H2,19,20,21). The Morgan fingerprint density at radius 3 is 2.45 bits per heavy atom. The molecule has 0 fully saturated rings. The van der Waals surface area contributed by atoms with Crippen LogP contribution in [0.25, 0.3) is 11.0 Å². The van der Waals surface area contributed by atoms with E-state index in [1.54, 1.807) is 13.1 Å². The van der Waals surface area contributed by atoms with E-state index in [-0.39, 0.29) is 6.54 Å². The maximum absolute atomic E-state index is 11.5. The number of rotatable bonds is 4. The van der Waals surface area contributed by atoms with Crippen molar-refractivity contribution in [2.24, 2.45) is 0 Å². The number of H-pyrrole nitrogens is 2. The zero-order valence-corrected chi connectivity index (χ0v) is 13.5. The monoisotopic (exact) mass is 347 g/mol. The maximum atomic E-state index is 11.5. The van der Waals surface area contributed by atoms with Gasteiger partial charge in [0.2, 0.25) is 0 Å². The van der Waals surface area contributed by atoms with Crippen molar-refractivity contribution in [1.82, 2.24) is 14.9 Å². The van der Waals surface area contributed by atoms with Crippen molar-refractivity contribution in [3.8, 4) is 0 Å². The third-order valence-corrected chi connectivity index (χ3v) is 5.01. The molecule has 22 heavy (non-hydrogen) atoms. The Morgan fingerprint density at radius 2 is 1.86 bits per heavy atom. The summed E-state index contributed by atoms with van der Waals surface area (Å²) < 4.78 is 11.3. The molecular weight excluding hydrogens is 333 g/mol. The van der Waals surface area contributed by atoms with E-state index >= 15 is 0 Å². The van der Waals surface area contributed by atoms with Gasteiger partial charge in [-0.2, -0.15) is 0 Å². The van der Waals surface area contributed by atoms with Crippen molar-refractivity contribution in [3.63, 3.8) is 0 Å². The molecule has 0 saturated carbocycles. The van der Waals surface area contributed by atoms with E-state index in [1.165, 1.54) is 17.9 Å². The Morgan fingerprint density at radius 1 is 1.27 bits per heavy atom. The first-order chi connectivity index (χ1) is 10.1. The van der Waals surface area contributed by atoms with Gasteiger partial charge in [0, 0.05) is 11.6 Å². The van der Waals surface area contributed by atoms with Gasteiger partial charge in [-0.3, -0.25) is 19.1 Å². The fourth-order valence-corrected chi connectivity index (χ4v) is 2.88. The summed E-state index contributed by atoms with van der Waals surface area (Å²) >= 11 is 5.98. The molecular formula is C12H15ClN3O5P. The molecule has 1 aromatic heterocycles. The van der Waals surface area contributed by atoms with Gasteiger partial charge in [0.05, 0.1) is 11.0 Å². The predicted molar refractivity (Wildman–Crippen MR) is 83.2 cm³/mol. The molecule has 2 rings (SSSR count). The van der Waals surface area contributed by atoms with Crippen LogP contribution >= 0.6 is 19.2 Å². The van der Waals surface area contributed by atoms with Crippen LogP contribution in [0.4, 0.5) is 0 Å². The van der Waals surface area contributed by atoms with Crippen molar-refractivity contribution in [2.75, 3.05) is 7.05 Å². The van der Waals surface area contributed by atoms with Gasteiger partial charge in [-0.1, -0.05) is 11.6 Å². The quantitative estimate of drug-likeness (QED) is 0.479. The highest BCUT2D eigenvalue weighted by atomic mass is 35.5. The van der Waals surface area contributed by atoms with Crippen LogP contribution in [0.1, 0.15) is 12.5 Å². The van der Waals surface area contributed by atoms with Gasteiger partial charge in [0.25, 0.3) is 0 Å². The average molecular weight is 348 g/mol. The molecule has 0 aliphatic carbocycles. The first-order valence-electron chi connectivity index (χ1n) is 6.30. The Kier molecular flexibility index (Phi) is 4.60. The van der Waals surface area contributed by atoms with Crippen LogP contribution in [0.15, 0.2) is 21.7 Å². The highest BCUT2D eigenvalue weighted by Crippen LogP contribution is 2.42. The molecule has 4 N–H and O–H groups in total. The van der Waals surface area contributed by atoms with Gasteiger partial charge < -0.3 is 19.8 Å². The fraction of sp³-hybridized carbons (Fsp3) is 0.333. The SMILES string of the molecule is CC(N(C)Cc1cc(Cl)cc2[nH]c(=O)c(=O)[nH]c12)P(=O)(O)O. The topological polar surface area (TPSA) is 126 Å². The largest absolute Gasteiger partial charge is 0.342 e. The summed E-state index contributed by atoms with van der Waals surface area (Å²) in [6.07, 6.45) is 0. The Bertz CT molecular complexity index is 871. The van der Waals surface area contributed by atoms with E-state index in [9.17, 15) is 23.9 Å². The van der Waals surface area contributed by atoms with Gasteiger partial charge in [-0.25, -0.2) is 0 Å².